The van der Waals surface area contributed by atoms with Gasteiger partial charge in [0.1, 0.15) is 6.10 Å². The van der Waals surface area contributed by atoms with Crippen molar-refractivity contribution in [2.75, 3.05) is 12.4 Å². The van der Waals surface area contributed by atoms with Gasteiger partial charge in [-0.2, -0.15) is 0 Å². The minimum absolute atomic E-state index is 0.0240. The zero-order valence-electron chi connectivity index (χ0n) is 33.0. The molecule has 0 spiro atoms. The Labute approximate surface area is 331 Å². The Bertz CT molecular complexity index is 1800. The zero-order chi connectivity index (χ0) is 38.1. The van der Waals surface area contributed by atoms with Gasteiger partial charge in [-0.05, 0) is 62.2 Å². The fourth-order valence-corrected chi connectivity index (χ4v) is 18.4. The van der Waals surface area contributed by atoms with E-state index in [4.69, 9.17) is 13.6 Å². The zero-order valence-corrected chi connectivity index (χ0v) is 35.8. The van der Waals surface area contributed by atoms with Crippen molar-refractivity contribution in [1.29, 1.82) is 0 Å². The van der Waals surface area contributed by atoms with E-state index in [1.165, 1.54) is 25.6 Å². The number of thioether (sulfide) groups is 1. The summed E-state index contributed by atoms with van der Waals surface area (Å²) in [5.41, 5.74) is 0. The maximum absolute atomic E-state index is 7.98. The monoisotopic (exact) mass is 770 g/mol. The number of benzene rings is 5. The van der Waals surface area contributed by atoms with Gasteiger partial charge in [0.25, 0.3) is 16.6 Å². The molecule has 0 amide bonds. The van der Waals surface area contributed by atoms with Gasteiger partial charge in [-0.3, -0.25) is 0 Å². The Balaban J connectivity index is 1.47. The molecular weight excluding hydrogens is 713 g/mol. The first kappa shape index (κ1) is 40.2. The van der Waals surface area contributed by atoms with Crippen LogP contribution in [-0.2, 0) is 13.6 Å². The third-order valence-corrected chi connectivity index (χ3v) is 22.0. The lowest BCUT2D eigenvalue weighted by molar-refractivity contribution is -0.0821. The first-order valence-corrected chi connectivity index (χ1v) is 24.4. The second-order valence-electron chi connectivity index (χ2n) is 16.5. The molecule has 6 heteroatoms. The molecule has 5 aromatic rings. The van der Waals surface area contributed by atoms with E-state index in [1.54, 1.807) is 0 Å². The third-order valence-electron chi connectivity index (χ3n) is 10.8. The normalized spacial score (nSPS) is 19.3. The Morgan fingerprint density at radius 3 is 1.44 bits per heavy atom. The van der Waals surface area contributed by atoms with Gasteiger partial charge in [-0.25, -0.2) is 0 Å². The van der Waals surface area contributed by atoms with E-state index in [2.05, 4.69) is 205 Å². The predicted octanol–water partition coefficient (Wildman–Crippen LogP) is 9.79. The van der Waals surface area contributed by atoms with Crippen LogP contribution in [0.4, 0.5) is 0 Å². The molecule has 282 valence electrons. The third kappa shape index (κ3) is 8.96. The highest BCUT2D eigenvalue weighted by atomic mass is 32.2. The highest BCUT2D eigenvalue weighted by Gasteiger charge is 2.54. The van der Waals surface area contributed by atoms with Crippen LogP contribution in [0, 0.1) is 0 Å². The molecule has 3 atom stereocenters. The Morgan fingerprint density at radius 1 is 0.574 bits per heavy atom. The van der Waals surface area contributed by atoms with Gasteiger partial charge in [-0.1, -0.05) is 193 Å². The van der Waals surface area contributed by atoms with Crippen molar-refractivity contribution in [3.8, 4) is 0 Å². The second kappa shape index (κ2) is 18.0. The van der Waals surface area contributed by atoms with Gasteiger partial charge in [0.2, 0.25) is 0 Å². The molecule has 0 saturated heterocycles. The molecule has 0 bridgehead atoms. The van der Waals surface area contributed by atoms with Crippen molar-refractivity contribution >= 4 is 49.1 Å². The smallest absolute Gasteiger partial charge is 0.261 e. The Kier molecular flexibility index (Phi) is 13.4. The van der Waals surface area contributed by atoms with E-state index >= 15 is 0 Å². The molecule has 5 aromatic carbocycles. The second-order valence-corrected chi connectivity index (χ2v) is 26.2. The van der Waals surface area contributed by atoms with Gasteiger partial charge in [-0.15, -0.1) is 11.8 Å². The minimum atomic E-state index is -2.93. The maximum Gasteiger partial charge on any atom is 0.261 e. The number of hydrogen-bond acceptors (Lipinski definition) is 4. The molecule has 54 heavy (non-hydrogen) atoms. The molecule has 0 fully saturated rings. The van der Waals surface area contributed by atoms with Gasteiger partial charge in [0, 0.05) is 10.6 Å². The van der Waals surface area contributed by atoms with E-state index < -0.39 is 16.6 Å². The largest absolute Gasteiger partial charge is 0.405 e. The van der Waals surface area contributed by atoms with Crippen LogP contribution in [0.1, 0.15) is 60.8 Å². The topological polar surface area (TPSA) is 27.7 Å². The lowest BCUT2D eigenvalue weighted by Crippen LogP contribution is -2.69. The molecule has 1 aliphatic rings. The molecule has 0 aliphatic carbocycles. The van der Waals surface area contributed by atoms with Crippen LogP contribution in [0.2, 0.25) is 10.1 Å². The number of rotatable bonds is 12. The molecule has 1 heterocycles. The van der Waals surface area contributed by atoms with E-state index in [1.807, 2.05) is 11.8 Å². The quantitative estimate of drug-likeness (QED) is 0.0718. The molecule has 0 N–H and O–H groups in total. The Morgan fingerprint density at radius 2 is 1.00 bits per heavy atom. The summed E-state index contributed by atoms with van der Waals surface area (Å²) in [4.78, 5) is 1.26. The van der Waals surface area contributed by atoms with Crippen molar-refractivity contribution in [2.24, 2.45) is 0 Å². The van der Waals surface area contributed by atoms with Crippen LogP contribution in [0.25, 0.3) is 0 Å². The number of ether oxygens (including phenoxy) is 1. The summed E-state index contributed by atoms with van der Waals surface area (Å²) in [5, 5.41) is 4.75. The lowest BCUT2D eigenvalue weighted by atomic mass is 10.1. The average Bonchev–Trinajstić information content (AvgIpc) is 3.27. The van der Waals surface area contributed by atoms with Crippen molar-refractivity contribution in [2.45, 2.75) is 94.1 Å². The highest BCUT2D eigenvalue weighted by molar-refractivity contribution is 7.99. The molecule has 0 saturated carbocycles. The van der Waals surface area contributed by atoms with Crippen LogP contribution in [0.3, 0.4) is 0 Å². The van der Waals surface area contributed by atoms with Gasteiger partial charge in [0.05, 0.1) is 18.8 Å². The average molecular weight is 771 g/mol. The van der Waals surface area contributed by atoms with Gasteiger partial charge < -0.3 is 13.6 Å². The maximum atomic E-state index is 7.98. The lowest BCUT2D eigenvalue weighted by Gasteiger charge is -2.47. The van der Waals surface area contributed by atoms with Crippen molar-refractivity contribution in [3.63, 3.8) is 0 Å². The molecule has 1 aliphatic heterocycles. The van der Waals surface area contributed by atoms with Crippen LogP contribution >= 0.6 is 11.8 Å². The summed E-state index contributed by atoms with van der Waals surface area (Å²) in [7, 11) is -5.80. The van der Waals surface area contributed by atoms with E-state index in [-0.39, 0.29) is 28.4 Å². The molecule has 0 radical (unpaired) electrons. The first-order chi connectivity index (χ1) is 26.0. The molecule has 0 aromatic heterocycles. The first-order valence-electron chi connectivity index (χ1n) is 19.6. The summed E-state index contributed by atoms with van der Waals surface area (Å²) in [6.07, 6.45) is 6.82. The summed E-state index contributed by atoms with van der Waals surface area (Å²) in [5.74, 6) is 0.861. The van der Waals surface area contributed by atoms with Crippen molar-refractivity contribution in [3.05, 3.63) is 164 Å². The van der Waals surface area contributed by atoms with E-state index in [0.717, 1.165) is 25.0 Å². The van der Waals surface area contributed by atoms with E-state index in [9.17, 15) is 0 Å². The standard InChI is InChI=1S/C48H58O3SSi2/c1-47(2,3)53(41-28-16-9-17-29-41,42-30-18-10-19-31-42)49-37-46-45(36-24-7-13-25-39(50-46)38-52-40-26-14-8-15-27-40)51-54(48(4,5)6,43-32-20-11-21-33-43)44-34-22-12-23-35-44/h7-12,14-24,26-35,39,45-46H,13,25,36-38H2,1-6H3/b24-7-/t39-,45+,46-/m1/s1. The summed E-state index contributed by atoms with van der Waals surface area (Å²) >= 11 is 1.87. The SMILES string of the molecule is CC(C)(C)[Si](OC[C@H]1O[C@@H](CSc2ccccc2)CC/C=C\C[C@@H]1O[Si](c1ccccc1)(c1ccccc1)C(C)(C)C)(c1ccccc1)c1ccccc1. The van der Waals surface area contributed by atoms with Crippen molar-refractivity contribution < 1.29 is 13.6 Å². The minimum Gasteiger partial charge on any atom is -0.405 e. The highest BCUT2D eigenvalue weighted by Crippen LogP contribution is 2.40. The Hall–Kier alpha value is -3.50. The van der Waals surface area contributed by atoms with Crippen LogP contribution < -0.4 is 20.7 Å². The van der Waals surface area contributed by atoms with E-state index in [0.29, 0.717) is 6.61 Å². The van der Waals surface area contributed by atoms with Gasteiger partial charge in [0.15, 0.2) is 0 Å². The summed E-state index contributed by atoms with van der Waals surface area (Å²) in [6, 6.07) is 54.6. The molecule has 3 nitrogen and oxygen atoms in total. The van der Waals surface area contributed by atoms with Crippen molar-refractivity contribution in [1.82, 2.24) is 0 Å². The molecule has 0 unspecified atom stereocenters. The number of allylic oxidation sites excluding steroid dienone is 1. The van der Waals surface area contributed by atoms with Crippen LogP contribution in [0.15, 0.2) is 169 Å². The molecule has 6 rings (SSSR count). The van der Waals surface area contributed by atoms with Crippen LogP contribution in [-0.4, -0.2) is 47.3 Å². The summed E-state index contributed by atoms with van der Waals surface area (Å²) < 4.78 is 23.1. The van der Waals surface area contributed by atoms with Gasteiger partial charge >= 0.3 is 0 Å². The van der Waals surface area contributed by atoms with Crippen LogP contribution in [0.5, 0.6) is 0 Å². The fraction of sp³-hybridized carbons (Fsp3) is 0.333. The summed E-state index contributed by atoms with van der Waals surface area (Å²) in [6.45, 7) is 14.6. The molecular formula is C48H58O3SSi2. The fourth-order valence-electron chi connectivity index (χ4n) is 8.17. The predicted molar refractivity (Wildman–Crippen MR) is 235 cm³/mol. The number of hydrogen-bond donors (Lipinski definition) is 0.